The average Bonchev–Trinajstić information content (AvgIpc) is 2.95. The normalized spacial score (nSPS) is 15.0. The Labute approximate surface area is 162 Å². The van der Waals surface area contributed by atoms with Gasteiger partial charge in [-0.25, -0.2) is 9.59 Å². The van der Waals surface area contributed by atoms with Gasteiger partial charge < -0.3 is 15.2 Å². The molecule has 0 spiro atoms. The van der Waals surface area contributed by atoms with E-state index in [1.165, 1.54) is 17.0 Å². The van der Waals surface area contributed by atoms with Gasteiger partial charge >= 0.3 is 12.0 Å². The molecule has 7 heteroatoms. The first-order valence-electron chi connectivity index (χ1n) is 8.87. The fraction of sp³-hybridized carbons (Fsp3) is 0.190. The quantitative estimate of drug-likeness (QED) is 0.568. The number of ether oxygens (including phenoxy) is 1. The van der Waals surface area contributed by atoms with Gasteiger partial charge in [-0.1, -0.05) is 31.2 Å². The predicted octanol–water partition coefficient (Wildman–Crippen LogP) is 3.27. The summed E-state index contributed by atoms with van der Waals surface area (Å²) < 4.78 is 5.69. The van der Waals surface area contributed by atoms with E-state index in [4.69, 9.17) is 9.84 Å². The fourth-order valence-electron chi connectivity index (χ4n) is 2.74. The van der Waals surface area contributed by atoms with E-state index in [-0.39, 0.29) is 17.2 Å². The van der Waals surface area contributed by atoms with Crippen molar-refractivity contribution in [2.75, 3.05) is 6.54 Å². The number of carboxylic acid groups (broad SMARTS) is 1. The van der Waals surface area contributed by atoms with Crippen molar-refractivity contribution >= 4 is 24.0 Å². The minimum absolute atomic E-state index is 0.229. The Morgan fingerprint density at radius 3 is 2.39 bits per heavy atom. The van der Waals surface area contributed by atoms with Crippen LogP contribution in [0.3, 0.4) is 0 Å². The molecule has 2 N–H and O–H groups in total. The van der Waals surface area contributed by atoms with Crippen molar-refractivity contribution in [3.8, 4) is 5.75 Å². The molecule has 0 aromatic heterocycles. The Kier molecular flexibility index (Phi) is 5.74. The van der Waals surface area contributed by atoms with Gasteiger partial charge in [0.05, 0.1) is 5.56 Å². The van der Waals surface area contributed by atoms with Gasteiger partial charge in [0.15, 0.2) is 0 Å². The maximum atomic E-state index is 12.2. The number of aromatic carboxylic acids is 1. The molecule has 28 heavy (non-hydrogen) atoms. The summed E-state index contributed by atoms with van der Waals surface area (Å²) in [6.07, 6.45) is 2.34. The SMILES string of the molecule is CCCN1C(=O)N/C(=C/c2ccc(OCc3ccc(C(=O)O)cc3)cc2)C1=O. The summed E-state index contributed by atoms with van der Waals surface area (Å²) in [6, 6.07) is 13.2. The molecule has 0 saturated carbocycles. The molecule has 3 rings (SSSR count). The highest BCUT2D eigenvalue weighted by molar-refractivity contribution is 6.13. The number of nitrogens with one attached hydrogen (secondary N) is 1. The molecule has 1 heterocycles. The first-order chi connectivity index (χ1) is 13.5. The molecule has 1 aliphatic rings. The number of carboxylic acids is 1. The Hall–Kier alpha value is -3.61. The van der Waals surface area contributed by atoms with Crippen LogP contribution in [0.25, 0.3) is 6.08 Å². The third-order valence-electron chi connectivity index (χ3n) is 4.21. The van der Waals surface area contributed by atoms with Gasteiger partial charge in [0.1, 0.15) is 18.1 Å². The zero-order valence-electron chi connectivity index (χ0n) is 15.3. The molecule has 0 unspecified atom stereocenters. The van der Waals surface area contributed by atoms with Gasteiger partial charge in [-0.3, -0.25) is 9.69 Å². The van der Waals surface area contributed by atoms with Crippen molar-refractivity contribution in [1.82, 2.24) is 10.2 Å². The Morgan fingerprint density at radius 2 is 1.79 bits per heavy atom. The number of carbonyl (C=O) groups is 3. The third-order valence-corrected chi connectivity index (χ3v) is 4.21. The number of amides is 3. The van der Waals surface area contributed by atoms with Gasteiger partial charge in [-0.15, -0.1) is 0 Å². The van der Waals surface area contributed by atoms with Crippen LogP contribution < -0.4 is 10.1 Å². The van der Waals surface area contributed by atoms with E-state index in [1.54, 1.807) is 42.5 Å². The number of urea groups is 1. The smallest absolute Gasteiger partial charge is 0.335 e. The van der Waals surface area contributed by atoms with E-state index in [0.717, 1.165) is 11.1 Å². The maximum absolute atomic E-state index is 12.2. The number of hydrogen-bond acceptors (Lipinski definition) is 4. The van der Waals surface area contributed by atoms with Crippen LogP contribution in [0.4, 0.5) is 4.79 Å². The van der Waals surface area contributed by atoms with Crippen LogP contribution in [0.15, 0.2) is 54.2 Å². The zero-order chi connectivity index (χ0) is 20.1. The predicted molar refractivity (Wildman–Crippen MR) is 103 cm³/mol. The zero-order valence-corrected chi connectivity index (χ0v) is 15.3. The fourth-order valence-corrected chi connectivity index (χ4v) is 2.74. The van der Waals surface area contributed by atoms with Crippen molar-refractivity contribution in [2.24, 2.45) is 0 Å². The molecular weight excluding hydrogens is 360 g/mol. The summed E-state index contributed by atoms with van der Waals surface area (Å²) in [7, 11) is 0. The molecule has 0 radical (unpaired) electrons. The lowest BCUT2D eigenvalue weighted by molar-refractivity contribution is -0.122. The monoisotopic (exact) mass is 380 g/mol. The second kappa shape index (κ2) is 8.39. The van der Waals surface area contributed by atoms with E-state index in [1.807, 2.05) is 6.92 Å². The molecule has 0 bridgehead atoms. The summed E-state index contributed by atoms with van der Waals surface area (Å²) in [6.45, 7) is 2.60. The van der Waals surface area contributed by atoms with Crippen LogP contribution in [0.1, 0.15) is 34.8 Å². The summed E-state index contributed by atoms with van der Waals surface area (Å²) in [4.78, 5) is 36.1. The molecule has 0 atom stereocenters. The minimum atomic E-state index is -0.966. The summed E-state index contributed by atoms with van der Waals surface area (Å²) in [5.41, 5.74) is 2.10. The lowest BCUT2D eigenvalue weighted by Gasteiger charge is -2.08. The summed E-state index contributed by atoms with van der Waals surface area (Å²) in [5, 5.41) is 11.5. The highest BCUT2D eigenvalue weighted by Gasteiger charge is 2.32. The molecule has 7 nitrogen and oxygen atoms in total. The number of carbonyl (C=O) groups excluding carboxylic acids is 2. The first-order valence-corrected chi connectivity index (χ1v) is 8.87. The van der Waals surface area contributed by atoms with Crippen LogP contribution in [0, 0.1) is 0 Å². The van der Waals surface area contributed by atoms with Gasteiger partial charge in [0.25, 0.3) is 5.91 Å². The highest BCUT2D eigenvalue weighted by atomic mass is 16.5. The summed E-state index contributed by atoms with van der Waals surface area (Å²) >= 11 is 0. The van der Waals surface area contributed by atoms with Gasteiger partial charge in [0.2, 0.25) is 0 Å². The van der Waals surface area contributed by atoms with Gasteiger partial charge in [-0.05, 0) is 47.9 Å². The Bertz CT molecular complexity index is 917. The van der Waals surface area contributed by atoms with E-state index in [0.29, 0.717) is 25.3 Å². The molecule has 1 fully saturated rings. The maximum Gasteiger partial charge on any atom is 0.335 e. The summed E-state index contributed by atoms with van der Waals surface area (Å²) in [5.74, 6) is -0.650. The molecule has 0 aliphatic carbocycles. The molecule has 1 aliphatic heterocycles. The van der Waals surface area contributed by atoms with E-state index >= 15 is 0 Å². The number of hydrogen-bond donors (Lipinski definition) is 2. The second-order valence-electron chi connectivity index (χ2n) is 6.30. The molecule has 2 aromatic carbocycles. The van der Waals surface area contributed by atoms with Crippen LogP contribution in [0.2, 0.25) is 0 Å². The van der Waals surface area contributed by atoms with Crippen molar-refractivity contribution in [3.63, 3.8) is 0 Å². The molecule has 144 valence electrons. The van der Waals surface area contributed by atoms with Crippen LogP contribution in [-0.4, -0.2) is 34.5 Å². The number of imide groups is 1. The second-order valence-corrected chi connectivity index (χ2v) is 6.30. The third kappa shape index (κ3) is 4.37. The van der Waals surface area contributed by atoms with Crippen molar-refractivity contribution in [2.45, 2.75) is 20.0 Å². The van der Waals surface area contributed by atoms with E-state index in [9.17, 15) is 14.4 Å². The van der Waals surface area contributed by atoms with Crippen LogP contribution in [0.5, 0.6) is 5.75 Å². The number of nitrogens with zero attached hydrogens (tertiary/aromatic N) is 1. The van der Waals surface area contributed by atoms with Crippen molar-refractivity contribution in [1.29, 1.82) is 0 Å². The minimum Gasteiger partial charge on any atom is -0.489 e. The van der Waals surface area contributed by atoms with Crippen molar-refractivity contribution in [3.05, 3.63) is 70.9 Å². The lowest BCUT2D eigenvalue weighted by atomic mass is 10.1. The van der Waals surface area contributed by atoms with Crippen LogP contribution >= 0.6 is 0 Å². The number of rotatable bonds is 7. The molecule has 2 aromatic rings. The van der Waals surface area contributed by atoms with Crippen molar-refractivity contribution < 1.29 is 24.2 Å². The topological polar surface area (TPSA) is 95.9 Å². The largest absolute Gasteiger partial charge is 0.489 e. The standard InChI is InChI=1S/C21H20N2O5/c1-2-11-23-19(24)18(22-21(23)27)12-14-5-9-17(10-6-14)28-13-15-3-7-16(8-4-15)20(25)26/h3-10,12H,2,11,13H2,1H3,(H,22,27)(H,25,26)/b18-12+. The number of benzene rings is 2. The Balaban J connectivity index is 1.61. The Morgan fingerprint density at radius 1 is 1.11 bits per heavy atom. The molecular formula is C21H20N2O5. The lowest BCUT2D eigenvalue weighted by Crippen LogP contribution is -2.31. The van der Waals surface area contributed by atoms with Crippen LogP contribution in [-0.2, 0) is 11.4 Å². The van der Waals surface area contributed by atoms with E-state index in [2.05, 4.69) is 5.32 Å². The first kappa shape index (κ1) is 19.2. The van der Waals surface area contributed by atoms with Gasteiger partial charge in [0, 0.05) is 6.54 Å². The van der Waals surface area contributed by atoms with E-state index < -0.39 is 12.0 Å². The van der Waals surface area contributed by atoms with Gasteiger partial charge in [-0.2, -0.15) is 0 Å². The molecule has 3 amide bonds. The molecule has 1 saturated heterocycles. The average molecular weight is 380 g/mol. The highest BCUT2D eigenvalue weighted by Crippen LogP contribution is 2.18.